The van der Waals surface area contributed by atoms with Gasteiger partial charge < -0.3 is 4.90 Å². The van der Waals surface area contributed by atoms with Crippen LogP contribution in [0, 0.1) is 11.3 Å². The van der Waals surface area contributed by atoms with Gasteiger partial charge in [-0.3, -0.25) is 4.98 Å². The summed E-state index contributed by atoms with van der Waals surface area (Å²) in [6, 6.07) is 7.78. The molecule has 2 aromatic rings. The van der Waals surface area contributed by atoms with Gasteiger partial charge in [-0.05, 0) is 11.6 Å². The summed E-state index contributed by atoms with van der Waals surface area (Å²) in [5.41, 5.74) is 1.06. The topological polar surface area (TPSA) is 65.7 Å². The molecule has 21 heavy (non-hydrogen) atoms. The Bertz CT molecular complexity index is 624. The van der Waals surface area contributed by atoms with Crippen molar-refractivity contribution in [2.45, 2.75) is 26.3 Å². The van der Waals surface area contributed by atoms with Crippen molar-refractivity contribution in [2.24, 2.45) is 0 Å². The second-order valence-electron chi connectivity index (χ2n) is 4.51. The fourth-order valence-electron chi connectivity index (χ4n) is 1.94. The lowest BCUT2D eigenvalue weighted by Crippen LogP contribution is -2.25. The van der Waals surface area contributed by atoms with E-state index in [4.69, 9.17) is 16.9 Å². The van der Waals surface area contributed by atoms with Gasteiger partial charge >= 0.3 is 0 Å². The van der Waals surface area contributed by atoms with Crippen molar-refractivity contribution in [2.75, 3.05) is 11.4 Å². The van der Waals surface area contributed by atoms with Crippen LogP contribution in [0.25, 0.3) is 0 Å². The minimum Gasteiger partial charge on any atom is -0.351 e. The van der Waals surface area contributed by atoms with E-state index in [2.05, 4.69) is 21.0 Å². The van der Waals surface area contributed by atoms with Gasteiger partial charge in [0, 0.05) is 38.0 Å². The van der Waals surface area contributed by atoms with Crippen LogP contribution in [0.3, 0.4) is 0 Å². The van der Waals surface area contributed by atoms with E-state index in [0.717, 1.165) is 11.4 Å². The molecule has 0 saturated heterocycles. The minimum atomic E-state index is 0.420. The van der Waals surface area contributed by atoms with E-state index in [1.807, 2.05) is 30.2 Å². The van der Waals surface area contributed by atoms with E-state index in [9.17, 15) is 0 Å². The lowest BCUT2D eigenvalue weighted by molar-refractivity contribution is 0.768. The molecule has 6 heteroatoms. The third kappa shape index (κ3) is 4.40. The zero-order chi connectivity index (χ0) is 15.1. The van der Waals surface area contributed by atoms with Crippen LogP contribution in [0.5, 0.6) is 0 Å². The monoisotopic (exact) mass is 301 g/mol. The fraction of sp³-hybridized carbons (Fsp3) is 0.333. The van der Waals surface area contributed by atoms with Gasteiger partial charge in [0.25, 0.3) is 0 Å². The van der Waals surface area contributed by atoms with Crippen molar-refractivity contribution >= 4 is 17.4 Å². The SMILES string of the molecule is CCc1nc(Cl)cc(N(CCC#N)Cc2cccnc2)n1. The van der Waals surface area contributed by atoms with Crippen molar-refractivity contribution < 1.29 is 0 Å². The molecule has 0 radical (unpaired) electrons. The van der Waals surface area contributed by atoms with Crippen LogP contribution in [-0.2, 0) is 13.0 Å². The molecule has 0 N–H and O–H groups in total. The van der Waals surface area contributed by atoms with Crippen LogP contribution < -0.4 is 4.90 Å². The number of hydrogen-bond acceptors (Lipinski definition) is 5. The molecule has 0 bridgehead atoms. The van der Waals surface area contributed by atoms with Crippen molar-refractivity contribution in [3.63, 3.8) is 0 Å². The largest absolute Gasteiger partial charge is 0.351 e. The number of hydrogen-bond donors (Lipinski definition) is 0. The Morgan fingerprint density at radius 2 is 2.24 bits per heavy atom. The Balaban J connectivity index is 2.27. The molecule has 5 nitrogen and oxygen atoms in total. The van der Waals surface area contributed by atoms with E-state index in [-0.39, 0.29) is 0 Å². The molecule has 0 atom stereocenters. The predicted octanol–water partition coefficient (Wildman–Crippen LogP) is 3.01. The van der Waals surface area contributed by atoms with Gasteiger partial charge in [0.1, 0.15) is 16.8 Å². The van der Waals surface area contributed by atoms with E-state index in [1.54, 1.807) is 12.3 Å². The lowest BCUT2D eigenvalue weighted by atomic mass is 10.2. The van der Waals surface area contributed by atoms with Gasteiger partial charge in [-0.25, -0.2) is 9.97 Å². The molecule has 2 aromatic heterocycles. The number of nitriles is 1. The number of halogens is 1. The van der Waals surface area contributed by atoms with Crippen molar-refractivity contribution in [3.8, 4) is 6.07 Å². The summed E-state index contributed by atoms with van der Waals surface area (Å²) < 4.78 is 0. The predicted molar refractivity (Wildman–Crippen MR) is 81.9 cm³/mol. The first-order chi connectivity index (χ1) is 10.2. The highest BCUT2D eigenvalue weighted by atomic mass is 35.5. The molecule has 0 saturated carbocycles. The molecular weight excluding hydrogens is 286 g/mol. The Morgan fingerprint density at radius 1 is 1.38 bits per heavy atom. The molecule has 2 heterocycles. The Kier molecular flexibility index (Phi) is 5.47. The molecule has 0 fully saturated rings. The zero-order valence-corrected chi connectivity index (χ0v) is 12.6. The van der Waals surface area contributed by atoms with Gasteiger partial charge in [0.2, 0.25) is 0 Å². The molecule has 0 unspecified atom stereocenters. The number of rotatable bonds is 6. The zero-order valence-electron chi connectivity index (χ0n) is 11.8. The molecule has 0 amide bonds. The van der Waals surface area contributed by atoms with Crippen LogP contribution in [0.4, 0.5) is 5.82 Å². The van der Waals surface area contributed by atoms with Gasteiger partial charge in [-0.15, -0.1) is 0 Å². The number of aryl methyl sites for hydroxylation is 1. The summed E-state index contributed by atoms with van der Waals surface area (Å²) >= 11 is 6.05. The first kappa shape index (κ1) is 15.2. The van der Waals surface area contributed by atoms with E-state index in [1.165, 1.54) is 0 Å². The summed E-state index contributed by atoms with van der Waals surface area (Å²) in [7, 11) is 0. The Labute approximate surface area is 129 Å². The first-order valence-corrected chi connectivity index (χ1v) is 7.15. The molecule has 2 rings (SSSR count). The van der Waals surface area contributed by atoms with Crippen LogP contribution in [0.15, 0.2) is 30.6 Å². The molecule has 0 aliphatic rings. The van der Waals surface area contributed by atoms with Gasteiger partial charge in [-0.1, -0.05) is 24.6 Å². The Morgan fingerprint density at radius 3 is 2.90 bits per heavy atom. The maximum absolute atomic E-state index is 8.84. The number of aromatic nitrogens is 3. The van der Waals surface area contributed by atoms with Crippen molar-refractivity contribution in [1.29, 1.82) is 5.26 Å². The van der Waals surface area contributed by atoms with Crippen LogP contribution >= 0.6 is 11.6 Å². The molecule has 0 aliphatic heterocycles. The average Bonchev–Trinajstić information content (AvgIpc) is 2.51. The van der Waals surface area contributed by atoms with E-state index >= 15 is 0 Å². The Hall–Kier alpha value is -2.19. The van der Waals surface area contributed by atoms with Gasteiger partial charge in [-0.2, -0.15) is 5.26 Å². The second kappa shape index (κ2) is 7.55. The standard InChI is InChI=1S/C15H16ClN5/c1-2-14-19-13(16)9-15(20-14)21(8-4-6-17)11-12-5-3-7-18-10-12/h3,5,7,9-10H,2,4,8,11H2,1H3. The molecule has 0 aliphatic carbocycles. The molecule has 0 spiro atoms. The third-order valence-electron chi connectivity index (χ3n) is 2.96. The maximum Gasteiger partial charge on any atom is 0.134 e. The van der Waals surface area contributed by atoms with Gasteiger partial charge in [0.15, 0.2) is 0 Å². The average molecular weight is 302 g/mol. The summed E-state index contributed by atoms with van der Waals surface area (Å²) in [6.45, 7) is 3.20. The summed E-state index contributed by atoms with van der Waals surface area (Å²) in [5.74, 6) is 1.44. The third-order valence-corrected chi connectivity index (χ3v) is 3.15. The highest BCUT2D eigenvalue weighted by molar-refractivity contribution is 6.29. The number of pyridine rings is 1. The quantitative estimate of drug-likeness (QED) is 0.767. The van der Waals surface area contributed by atoms with Crippen molar-refractivity contribution in [1.82, 2.24) is 15.0 Å². The fourth-order valence-corrected chi connectivity index (χ4v) is 2.14. The van der Waals surface area contributed by atoms with Gasteiger partial charge in [0.05, 0.1) is 12.5 Å². The van der Waals surface area contributed by atoms with E-state index < -0.39 is 0 Å². The highest BCUT2D eigenvalue weighted by Crippen LogP contribution is 2.19. The van der Waals surface area contributed by atoms with Crippen LogP contribution in [0.1, 0.15) is 24.7 Å². The summed E-state index contributed by atoms with van der Waals surface area (Å²) in [5, 5.41) is 9.26. The molecular formula is C15H16ClN5. The molecule has 0 aromatic carbocycles. The maximum atomic E-state index is 8.84. The van der Waals surface area contributed by atoms with Crippen LogP contribution in [0.2, 0.25) is 5.15 Å². The van der Waals surface area contributed by atoms with Crippen LogP contribution in [-0.4, -0.2) is 21.5 Å². The normalized spacial score (nSPS) is 10.1. The minimum absolute atomic E-state index is 0.420. The number of anilines is 1. The lowest BCUT2D eigenvalue weighted by Gasteiger charge is -2.23. The smallest absolute Gasteiger partial charge is 0.134 e. The summed E-state index contributed by atoms with van der Waals surface area (Å²) in [4.78, 5) is 14.8. The summed E-state index contributed by atoms with van der Waals surface area (Å²) in [6.07, 6.45) is 4.68. The first-order valence-electron chi connectivity index (χ1n) is 6.77. The molecule has 108 valence electrons. The number of nitrogens with zero attached hydrogens (tertiary/aromatic N) is 5. The van der Waals surface area contributed by atoms with Crippen molar-refractivity contribution in [3.05, 3.63) is 47.1 Å². The van der Waals surface area contributed by atoms with E-state index in [0.29, 0.717) is 36.9 Å². The highest BCUT2D eigenvalue weighted by Gasteiger charge is 2.11. The second-order valence-corrected chi connectivity index (χ2v) is 4.90.